The minimum absolute atomic E-state index is 0.0299. The van der Waals surface area contributed by atoms with Gasteiger partial charge in [0, 0.05) is 22.3 Å². The minimum atomic E-state index is -0.0299. The van der Waals surface area contributed by atoms with Gasteiger partial charge in [-0.1, -0.05) is 24.3 Å². The lowest BCUT2D eigenvalue weighted by atomic mass is 9.85. The Morgan fingerprint density at radius 3 is 1.50 bits per heavy atom. The van der Waals surface area contributed by atoms with E-state index in [2.05, 4.69) is 0 Å². The second kappa shape index (κ2) is 2.91. The molecule has 0 unspecified atom stereocenters. The van der Waals surface area contributed by atoms with Crippen molar-refractivity contribution in [1.82, 2.24) is 0 Å². The van der Waals surface area contributed by atoms with Crippen molar-refractivity contribution < 1.29 is 9.59 Å². The second-order valence-corrected chi connectivity index (χ2v) is 3.45. The molecule has 0 spiro atoms. The van der Waals surface area contributed by atoms with Crippen LogP contribution in [0.2, 0.25) is 0 Å². The Hall–Kier alpha value is -1.70. The summed E-state index contributed by atoms with van der Waals surface area (Å²) in [5.74, 6) is -0.0598. The zero-order chi connectivity index (χ0) is 10.3. The fourth-order valence-corrected chi connectivity index (χ4v) is 1.62. The third kappa shape index (κ3) is 1.04. The number of ketones is 2. The van der Waals surface area contributed by atoms with Crippen LogP contribution in [0, 0.1) is 0 Å². The Kier molecular flexibility index (Phi) is 1.84. The van der Waals surface area contributed by atoms with E-state index in [-0.39, 0.29) is 11.6 Å². The third-order valence-corrected chi connectivity index (χ3v) is 2.66. The topological polar surface area (TPSA) is 34.1 Å². The predicted octanol–water partition coefficient (Wildman–Crippen LogP) is 2.40. The summed E-state index contributed by atoms with van der Waals surface area (Å²) in [5, 5.41) is 0. The van der Waals surface area contributed by atoms with Crippen LogP contribution in [0.15, 0.2) is 35.4 Å². The van der Waals surface area contributed by atoms with Gasteiger partial charge in [0.15, 0.2) is 11.6 Å². The van der Waals surface area contributed by atoms with Crippen molar-refractivity contribution in [2.24, 2.45) is 0 Å². The molecule has 0 atom stereocenters. The molecule has 2 rings (SSSR count). The first-order chi connectivity index (χ1) is 6.63. The highest BCUT2D eigenvalue weighted by Crippen LogP contribution is 2.25. The lowest BCUT2D eigenvalue weighted by Crippen LogP contribution is -2.19. The van der Waals surface area contributed by atoms with Crippen LogP contribution in [0.5, 0.6) is 0 Å². The molecule has 0 N–H and O–H groups in total. The summed E-state index contributed by atoms with van der Waals surface area (Å²) in [6, 6.07) is 6.95. The molecule has 1 aliphatic carbocycles. The summed E-state index contributed by atoms with van der Waals surface area (Å²) in [6.07, 6.45) is 0. The highest BCUT2D eigenvalue weighted by Gasteiger charge is 2.26. The van der Waals surface area contributed by atoms with Crippen molar-refractivity contribution in [2.45, 2.75) is 13.8 Å². The summed E-state index contributed by atoms with van der Waals surface area (Å²) in [6.45, 7) is 3.40. The van der Waals surface area contributed by atoms with E-state index in [0.717, 1.165) is 0 Å². The van der Waals surface area contributed by atoms with Gasteiger partial charge in [-0.15, -0.1) is 0 Å². The van der Waals surface area contributed by atoms with Crippen molar-refractivity contribution in [3.05, 3.63) is 46.5 Å². The van der Waals surface area contributed by atoms with Crippen LogP contribution < -0.4 is 0 Å². The average molecular weight is 186 g/mol. The largest absolute Gasteiger partial charge is 0.289 e. The summed E-state index contributed by atoms with van der Waals surface area (Å²) in [5.41, 5.74) is 2.18. The van der Waals surface area contributed by atoms with E-state index in [1.165, 1.54) is 0 Å². The first-order valence-electron chi connectivity index (χ1n) is 4.49. The van der Waals surface area contributed by atoms with Gasteiger partial charge in [0.2, 0.25) is 0 Å². The Labute approximate surface area is 82.2 Å². The van der Waals surface area contributed by atoms with Gasteiger partial charge in [0.05, 0.1) is 0 Å². The van der Waals surface area contributed by atoms with Gasteiger partial charge in [-0.2, -0.15) is 0 Å². The lowest BCUT2D eigenvalue weighted by Gasteiger charge is -2.15. The third-order valence-electron chi connectivity index (χ3n) is 2.66. The molecule has 1 aromatic carbocycles. The van der Waals surface area contributed by atoms with Gasteiger partial charge in [0.25, 0.3) is 0 Å². The molecule has 2 heteroatoms. The van der Waals surface area contributed by atoms with Crippen molar-refractivity contribution in [1.29, 1.82) is 0 Å². The van der Waals surface area contributed by atoms with Gasteiger partial charge in [-0.3, -0.25) is 9.59 Å². The SMILES string of the molecule is CC1=C(C)C(=O)c2ccccc2C1=O. The van der Waals surface area contributed by atoms with E-state index in [9.17, 15) is 9.59 Å². The van der Waals surface area contributed by atoms with Crippen molar-refractivity contribution in [2.75, 3.05) is 0 Å². The van der Waals surface area contributed by atoms with Crippen LogP contribution in [0.4, 0.5) is 0 Å². The van der Waals surface area contributed by atoms with Crippen LogP contribution in [-0.2, 0) is 0 Å². The van der Waals surface area contributed by atoms with E-state index in [1.54, 1.807) is 38.1 Å². The number of carbonyl (C=O) groups is 2. The van der Waals surface area contributed by atoms with Gasteiger partial charge in [0.1, 0.15) is 0 Å². The van der Waals surface area contributed by atoms with Crippen LogP contribution in [0.1, 0.15) is 34.6 Å². The molecule has 0 saturated heterocycles. The summed E-state index contributed by atoms with van der Waals surface area (Å²) >= 11 is 0. The van der Waals surface area contributed by atoms with Crippen LogP contribution in [-0.4, -0.2) is 11.6 Å². The quantitative estimate of drug-likeness (QED) is 0.623. The fourth-order valence-electron chi connectivity index (χ4n) is 1.62. The number of hydrogen-bond donors (Lipinski definition) is 0. The van der Waals surface area contributed by atoms with Crippen molar-refractivity contribution in [3.63, 3.8) is 0 Å². The zero-order valence-electron chi connectivity index (χ0n) is 8.13. The molecule has 0 aliphatic heterocycles. The van der Waals surface area contributed by atoms with E-state index in [1.807, 2.05) is 0 Å². The molecule has 0 amide bonds. The van der Waals surface area contributed by atoms with Gasteiger partial charge >= 0.3 is 0 Å². The predicted molar refractivity (Wildman–Crippen MR) is 53.5 cm³/mol. The molecule has 0 aromatic heterocycles. The first-order valence-corrected chi connectivity index (χ1v) is 4.49. The van der Waals surface area contributed by atoms with Gasteiger partial charge in [-0.25, -0.2) is 0 Å². The van der Waals surface area contributed by atoms with Crippen LogP contribution in [0.3, 0.4) is 0 Å². The highest BCUT2D eigenvalue weighted by atomic mass is 16.1. The normalized spacial score (nSPS) is 15.9. The highest BCUT2D eigenvalue weighted by molar-refractivity contribution is 6.26. The molecule has 2 nitrogen and oxygen atoms in total. The Morgan fingerprint density at radius 2 is 1.14 bits per heavy atom. The van der Waals surface area contributed by atoms with Crippen LogP contribution in [0.25, 0.3) is 0 Å². The second-order valence-electron chi connectivity index (χ2n) is 3.45. The van der Waals surface area contributed by atoms with E-state index in [4.69, 9.17) is 0 Å². The minimum Gasteiger partial charge on any atom is -0.289 e. The number of Topliss-reactive ketones (excluding diaryl/α,β-unsaturated/α-hetero) is 2. The molecule has 0 heterocycles. The number of allylic oxidation sites excluding steroid dienone is 2. The number of carbonyl (C=O) groups excluding carboxylic acids is 2. The fraction of sp³-hybridized carbons (Fsp3) is 0.167. The van der Waals surface area contributed by atoms with Crippen molar-refractivity contribution in [3.8, 4) is 0 Å². The number of hydrogen-bond acceptors (Lipinski definition) is 2. The molecule has 0 saturated carbocycles. The molecule has 1 aromatic rings. The maximum atomic E-state index is 11.8. The molecule has 0 fully saturated rings. The van der Waals surface area contributed by atoms with Gasteiger partial charge < -0.3 is 0 Å². The molecular weight excluding hydrogens is 176 g/mol. The molecule has 0 radical (unpaired) electrons. The van der Waals surface area contributed by atoms with E-state index in [0.29, 0.717) is 22.3 Å². The molecule has 0 bridgehead atoms. The zero-order valence-corrected chi connectivity index (χ0v) is 8.13. The molecule has 1 aliphatic rings. The Morgan fingerprint density at radius 1 is 0.786 bits per heavy atom. The Bertz CT molecular complexity index is 424. The van der Waals surface area contributed by atoms with Crippen LogP contribution >= 0.6 is 0 Å². The molecular formula is C12H10O2. The lowest BCUT2D eigenvalue weighted by molar-refractivity contribution is 0.0975. The maximum Gasteiger partial charge on any atom is 0.189 e. The molecule has 70 valence electrons. The van der Waals surface area contributed by atoms with E-state index < -0.39 is 0 Å². The molecule has 14 heavy (non-hydrogen) atoms. The summed E-state index contributed by atoms with van der Waals surface area (Å²) < 4.78 is 0. The maximum absolute atomic E-state index is 11.8. The average Bonchev–Trinajstić information content (AvgIpc) is 2.23. The number of fused-ring (bicyclic) bond motifs is 1. The number of rotatable bonds is 0. The summed E-state index contributed by atoms with van der Waals surface area (Å²) in [7, 11) is 0. The van der Waals surface area contributed by atoms with Gasteiger partial charge in [-0.05, 0) is 13.8 Å². The summed E-state index contributed by atoms with van der Waals surface area (Å²) in [4.78, 5) is 23.5. The number of benzene rings is 1. The van der Waals surface area contributed by atoms with Crippen molar-refractivity contribution >= 4 is 11.6 Å². The first kappa shape index (κ1) is 8.88. The standard InChI is InChI=1S/C12H10O2/c1-7-8(2)12(14)10-6-4-3-5-9(10)11(7)13/h3-6H,1-2H3. The monoisotopic (exact) mass is 186 g/mol. The smallest absolute Gasteiger partial charge is 0.189 e. The Balaban J connectivity index is 2.73. The van der Waals surface area contributed by atoms with E-state index >= 15 is 0 Å².